The van der Waals surface area contributed by atoms with Gasteiger partial charge in [-0.05, 0) is 38.9 Å². The van der Waals surface area contributed by atoms with Crippen molar-refractivity contribution < 1.29 is 14.3 Å². The van der Waals surface area contributed by atoms with Gasteiger partial charge in [0.15, 0.2) is 0 Å². The molecule has 1 fully saturated rings. The Hall–Kier alpha value is -1.33. The first kappa shape index (κ1) is 13.1. The molecule has 100 valence electrons. The number of aliphatic hydroxyl groups is 1. The van der Waals surface area contributed by atoms with Crippen LogP contribution in [0.2, 0.25) is 0 Å². The number of hydrogen-bond acceptors (Lipinski definition) is 4. The van der Waals surface area contributed by atoms with Gasteiger partial charge in [-0.15, -0.1) is 0 Å². The topological polar surface area (TPSA) is 65.7 Å². The van der Waals surface area contributed by atoms with E-state index in [9.17, 15) is 9.90 Å². The molecule has 1 saturated heterocycles. The maximum atomic E-state index is 12.4. The average Bonchev–Trinajstić information content (AvgIpc) is 2.80. The summed E-state index contributed by atoms with van der Waals surface area (Å²) in [6.45, 7) is 5.06. The van der Waals surface area contributed by atoms with Crippen molar-refractivity contribution in [2.24, 2.45) is 0 Å². The third-order valence-electron chi connectivity index (χ3n) is 3.50. The number of nitrogens with zero attached hydrogens (tertiary/aromatic N) is 1. The quantitative estimate of drug-likeness (QED) is 0.833. The van der Waals surface area contributed by atoms with E-state index in [0.29, 0.717) is 6.54 Å². The second-order valence-electron chi connectivity index (χ2n) is 5.26. The molecular formula is C13H20N2O3. The Bertz CT molecular complexity index is 400. The van der Waals surface area contributed by atoms with Crippen LogP contribution in [0.4, 0.5) is 0 Å². The highest BCUT2D eigenvalue weighted by molar-refractivity contribution is 5.83. The lowest BCUT2D eigenvalue weighted by atomic mass is 9.98. The molecule has 0 radical (unpaired) electrons. The highest BCUT2D eigenvalue weighted by Crippen LogP contribution is 2.24. The lowest BCUT2D eigenvalue weighted by Gasteiger charge is -2.37. The van der Waals surface area contributed by atoms with Crippen molar-refractivity contribution in [3.63, 3.8) is 0 Å². The zero-order valence-corrected chi connectivity index (χ0v) is 10.8. The molecule has 5 nitrogen and oxygen atoms in total. The summed E-state index contributed by atoms with van der Waals surface area (Å²) in [5.41, 5.74) is -0.249. The number of rotatable bonds is 3. The Morgan fingerprint density at radius 1 is 1.61 bits per heavy atom. The summed E-state index contributed by atoms with van der Waals surface area (Å²) in [6, 6.07) is 3.16. The van der Waals surface area contributed by atoms with E-state index in [1.54, 1.807) is 11.2 Å². The van der Waals surface area contributed by atoms with E-state index in [4.69, 9.17) is 4.42 Å². The zero-order valence-electron chi connectivity index (χ0n) is 10.8. The summed E-state index contributed by atoms with van der Waals surface area (Å²) in [6.07, 6.45) is 2.45. The monoisotopic (exact) mass is 252 g/mol. The van der Waals surface area contributed by atoms with Gasteiger partial charge in [0.1, 0.15) is 11.8 Å². The van der Waals surface area contributed by atoms with Crippen LogP contribution in [-0.4, -0.2) is 40.6 Å². The first-order chi connectivity index (χ1) is 8.54. The van der Waals surface area contributed by atoms with Crippen molar-refractivity contribution in [1.82, 2.24) is 10.2 Å². The summed E-state index contributed by atoms with van der Waals surface area (Å²) >= 11 is 0. The number of amides is 1. The van der Waals surface area contributed by atoms with Gasteiger partial charge in [-0.3, -0.25) is 4.79 Å². The van der Waals surface area contributed by atoms with Gasteiger partial charge in [0.2, 0.25) is 5.91 Å². The Kier molecular flexibility index (Phi) is 3.73. The molecule has 0 saturated carbocycles. The average molecular weight is 252 g/mol. The summed E-state index contributed by atoms with van der Waals surface area (Å²) in [7, 11) is 0. The Labute approximate surface area is 107 Å². The maximum Gasteiger partial charge on any atom is 0.242 e. The van der Waals surface area contributed by atoms with E-state index in [1.807, 2.05) is 26.0 Å². The van der Waals surface area contributed by atoms with E-state index in [0.717, 1.165) is 18.7 Å². The molecule has 0 bridgehead atoms. The van der Waals surface area contributed by atoms with E-state index < -0.39 is 6.04 Å². The van der Waals surface area contributed by atoms with Crippen LogP contribution in [0, 0.1) is 0 Å². The minimum absolute atomic E-state index is 0.0728. The van der Waals surface area contributed by atoms with Gasteiger partial charge in [-0.2, -0.15) is 0 Å². The fraction of sp³-hybridized carbons (Fsp3) is 0.615. The predicted molar refractivity (Wildman–Crippen MR) is 66.8 cm³/mol. The molecule has 2 rings (SSSR count). The molecule has 18 heavy (non-hydrogen) atoms. The molecule has 1 amide bonds. The SMILES string of the molecule is CC1(C)CCNC(CO)C(=O)N1Cc1ccco1. The van der Waals surface area contributed by atoms with Gasteiger partial charge in [0.25, 0.3) is 0 Å². The summed E-state index contributed by atoms with van der Waals surface area (Å²) in [5, 5.41) is 12.3. The van der Waals surface area contributed by atoms with Crippen molar-refractivity contribution in [2.75, 3.05) is 13.2 Å². The van der Waals surface area contributed by atoms with Crippen LogP contribution in [-0.2, 0) is 11.3 Å². The number of carbonyl (C=O) groups is 1. The van der Waals surface area contributed by atoms with Gasteiger partial charge in [0.05, 0.1) is 19.4 Å². The standard InChI is InChI=1S/C13H20N2O3/c1-13(2)5-6-14-11(9-16)12(17)15(13)8-10-4-3-7-18-10/h3-4,7,11,14,16H,5-6,8-9H2,1-2H3. The lowest BCUT2D eigenvalue weighted by molar-refractivity contribution is -0.139. The van der Waals surface area contributed by atoms with Crippen LogP contribution in [0.1, 0.15) is 26.0 Å². The molecule has 5 heteroatoms. The maximum absolute atomic E-state index is 12.4. The molecule has 1 aromatic heterocycles. The predicted octanol–water partition coefficient (Wildman–Crippen LogP) is 0.741. The third kappa shape index (κ3) is 2.57. The van der Waals surface area contributed by atoms with Crippen LogP contribution in [0.3, 0.4) is 0 Å². The Morgan fingerprint density at radius 2 is 2.39 bits per heavy atom. The minimum atomic E-state index is -0.512. The first-order valence-corrected chi connectivity index (χ1v) is 6.23. The second-order valence-corrected chi connectivity index (χ2v) is 5.26. The Balaban J connectivity index is 2.22. The second kappa shape index (κ2) is 5.12. The minimum Gasteiger partial charge on any atom is -0.467 e. The number of carbonyl (C=O) groups excluding carboxylic acids is 1. The van der Waals surface area contributed by atoms with Gasteiger partial charge in [-0.25, -0.2) is 0 Å². The largest absolute Gasteiger partial charge is 0.467 e. The molecule has 1 aliphatic heterocycles. The number of hydrogen-bond donors (Lipinski definition) is 2. The van der Waals surface area contributed by atoms with Crippen LogP contribution in [0.15, 0.2) is 22.8 Å². The normalized spacial score (nSPS) is 24.1. The van der Waals surface area contributed by atoms with Crippen molar-refractivity contribution in [2.45, 2.75) is 38.4 Å². The summed E-state index contributed by atoms with van der Waals surface area (Å²) in [4.78, 5) is 14.2. The summed E-state index contributed by atoms with van der Waals surface area (Å²) < 4.78 is 5.31. The number of aliphatic hydroxyl groups excluding tert-OH is 1. The van der Waals surface area contributed by atoms with E-state index >= 15 is 0 Å². The van der Waals surface area contributed by atoms with Crippen LogP contribution >= 0.6 is 0 Å². The smallest absolute Gasteiger partial charge is 0.242 e. The van der Waals surface area contributed by atoms with Gasteiger partial charge in [0, 0.05) is 5.54 Å². The van der Waals surface area contributed by atoms with Gasteiger partial charge in [-0.1, -0.05) is 0 Å². The molecule has 1 aliphatic rings. The molecular weight excluding hydrogens is 232 g/mol. The summed E-state index contributed by atoms with van der Waals surface area (Å²) in [5.74, 6) is 0.686. The zero-order chi connectivity index (χ0) is 13.2. The molecule has 1 aromatic rings. The molecule has 1 atom stereocenters. The fourth-order valence-corrected chi connectivity index (χ4v) is 2.25. The molecule has 2 N–H and O–H groups in total. The molecule has 0 spiro atoms. The van der Waals surface area contributed by atoms with E-state index in [-0.39, 0.29) is 18.1 Å². The van der Waals surface area contributed by atoms with Crippen molar-refractivity contribution in [3.8, 4) is 0 Å². The molecule has 0 aromatic carbocycles. The van der Waals surface area contributed by atoms with E-state index in [1.165, 1.54) is 0 Å². The highest BCUT2D eigenvalue weighted by atomic mass is 16.3. The Morgan fingerprint density at radius 3 is 3.00 bits per heavy atom. The van der Waals surface area contributed by atoms with Crippen LogP contribution < -0.4 is 5.32 Å². The number of nitrogens with one attached hydrogen (secondary N) is 1. The number of furan rings is 1. The van der Waals surface area contributed by atoms with E-state index in [2.05, 4.69) is 5.32 Å². The van der Waals surface area contributed by atoms with Crippen molar-refractivity contribution in [3.05, 3.63) is 24.2 Å². The fourth-order valence-electron chi connectivity index (χ4n) is 2.25. The van der Waals surface area contributed by atoms with Crippen LogP contribution in [0.5, 0.6) is 0 Å². The molecule has 0 aliphatic carbocycles. The lowest BCUT2D eigenvalue weighted by Crippen LogP contribution is -2.51. The van der Waals surface area contributed by atoms with Crippen molar-refractivity contribution in [1.29, 1.82) is 0 Å². The van der Waals surface area contributed by atoms with Gasteiger partial charge < -0.3 is 19.7 Å². The highest BCUT2D eigenvalue weighted by Gasteiger charge is 2.37. The first-order valence-electron chi connectivity index (χ1n) is 6.23. The van der Waals surface area contributed by atoms with Crippen molar-refractivity contribution >= 4 is 5.91 Å². The third-order valence-corrected chi connectivity index (χ3v) is 3.50. The molecule has 1 unspecified atom stereocenters. The van der Waals surface area contributed by atoms with Gasteiger partial charge >= 0.3 is 0 Å². The van der Waals surface area contributed by atoms with Crippen LogP contribution in [0.25, 0.3) is 0 Å². The molecule has 2 heterocycles.